The van der Waals surface area contributed by atoms with Crippen molar-refractivity contribution in [3.8, 4) is 6.07 Å². The topological polar surface area (TPSA) is 122 Å². The third kappa shape index (κ3) is 3.76. The number of nitrogens with one attached hydrogen (secondary N) is 1. The van der Waals surface area contributed by atoms with E-state index in [4.69, 9.17) is 11.0 Å². The van der Waals surface area contributed by atoms with E-state index in [1.165, 1.54) is 12.1 Å². The summed E-state index contributed by atoms with van der Waals surface area (Å²) in [6.07, 6.45) is 1.24. The largest absolute Gasteiger partial charge is 0.320 e. The normalized spacial score (nSPS) is 11.4. The molecule has 1 rings (SSSR count). The van der Waals surface area contributed by atoms with Crippen molar-refractivity contribution in [1.29, 1.82) is 5.26 Å². The van der Waals surface area contributed by atoms with Crippen molar-refractivity contribution < 1.29 is 9.72 Å². The van der Waals surface area contributed by atoms with Gasteiger partial charge in [-0.3, -0.25) is 14.9 Å². The highest BCUT2D eigenvalue weighted by molar-refractivity contribution is 5.96. The van der Waals surface area contributed by atoms with Crippen LogP contribution in [0.1, 0.15) is 25.3 Å². The van der Waals surface area contributed by atoms with E-state index in [0.717, 1.165) is 12.5 Å². The Morgan fingerprint density at radius 2 is 2.32 bits per heavy atom. The van der Waals surface area contributed by atoms with Crippen LogP contribution in [0.25, 0.3) is 0 Å². The van der Waals surface area contributed by atoms with Gasteiger partial charge in [0.15, 0.2) is 0 Å². The summed E-state index contributed by atoms with van der Waals surface area (Å²) >= 11 is 0. The maximum atomic E-state index is 11.7. The highest BCUT2D eigenvalue weighted by Crippen LogP contribution is 2.25. The second kappa shape index (κ2) is 6.47. The lowest BCUT2D eigenvalue weighted by Gasteiger charge is -2.11. The van der Waals surface area contributed by atoms with Crippen molar-refractivity contribution in [2.24, 2.45) is 5.73 Å². The number of nitrogens with zero attached hydrogens (tertiary/aromatic N) is 2. The lowest BCUT2D eigenvalue weighted by molar-refractivity contribution is -0.383. The van der Waals surface area contributed by atoms with Gasteiger partial charge in [0.1, 0.15) is 5.69 Å². The summed E-state index contributed by atoms with van der Waals surface area (Å²) in [5.41, 5.74) is 5.50. The van der Waals surface area contributed by atoms with Gasteiger partial charge in [-0.15, -0.1) is 0 Å². The molecule has 7 nitrogen and oxygen atoms in total. The molecule has 0 bridgehead atoms. The Bertz CT molecular complexity index is 536. The fourth-order valence-electron chi connectivity index (χ4n) is 1.53. The minimum absolute atomic E-state index is 0.0422. The summed E-state index contributed by atoms with van der Waals surface area (Å²) in [6.45, 7) is 1.89. The van der Waals surface area contributed by atoms with Crippen LogP contribution in [-0.4, -0.2) is 16.9 Å². The summed E-state index contributed by atoms with van der Waals surface area (Å²) in [5.74, 6) is -0.477. The van der Waals surface area contributed by atoms with Gasteiger partial charge in [-0.05, 0) is 18.6 Å². The Balaban J connectivity index is 2.98. The number of nitro groups is 1. The van der Waals surface area contributed by atoms with Crippen LogP contribution in [-0.2, 0) is 4.79 Å². The minimum atomic E-state index is -0.708. The molecule has 19 heavy (non-hydrogen) atoms. The molecule has 0 radical (unpaired) electrons. The van der Waals surface area contributed by atoms with Gasteiger partial charge in [-0.1, -0.05) is 13.3 Å². The molecule has 0 aliphatic carbocycles. The predicted octanol–water partition coefficient (Wildman–Crippen LogP) is 1.53. The molecule has 1 aromatic carbocycles. The predicted molar refractivity (Wildman–Crippen MR) is 69.3 cm³/mol. The van der Waals surface area contributed by atoms with Crippen LogP contribution in [0.15, 0.2) is 18.2 Å². The molecular weight excluding hydrogens is 248 g/mol. The van der Waals surface area contributed by atoms with Crippen LogP contribution in [0.5, 0.6) is 0 Å². The highest BCUT2D eigenvalue weighted by Gasteiger charge is 2.19. The molecule has 1 atom stereocenters. The zero-order valence-electron chi connectivity index (χ0n) is 10.4. The number of amides is 1. The van der Waals surface area contributed by atoms with Gasteiger partial charge in [0.25, 0.3) is 5.69 Å². The van der Waals surface area contributed by atoms with Crippen molar-refractivity contribution in [2.45, 2.75) is 25.8 Å². The Hall–Kier alpha value is -2.46. The summed E-state index contributed by atoms with van der Waals surface area (Å²) in [7, 11) is 0. The molecular formula is C12H14N4O3. The average Bonchev–Trinajstić information content (AvgIpc) is 2.39. The molecule has 0 aliphatic rings. The van der Waals surface area contributed by atoms with E-state index in [9.17, 15) is 14.9 Å². The number of nitriles is 1. The molecule has 0 saturated heterocycles. The molecule has 0 fully saturated rings. The van der Waals surface area contributed by atoms with Gasteiger partial charge in [-0.2, -0.15) is 5.26 Å². The van der Waals surface area contributed by atoms with Crippen molar-refractivity contribution >= 4 is 17.3 Å². The van der Waals surface area contributed by atoms with Gasteiger partial charge in [0.05, 0.1) is 22.6 Å². The van der Waals surface area contributed by atoms with E-state index in [1.54, 1.807) is 6.07 Å². The third-order valence-corrected chi connectivity index (χ3v) is 2.52. The lowest BCUT2D eigenvalue weighted by Crippen LogP contribution is -2.35. The van der Waals surface area contributed by atoms with Crippen LogP contribution in [0, 0.1) is 21.4 Å². The van der Waals surface area contributed by atoms with Gasteiger partial charge < -0.3 is 11.1 Å². The fourth-order valence-corrected chi connectivity index (χ4v) is 1.53. The van der Waals surface area contributed by atoms with Gasteiger partial charge in [-0.25, -0.2) is 0 Å². The minimum Gasteiger partial charge on any atom is -0.320 e. The van der Waals surface area contributed by atoms with Crippen LogP contribution in [0.4, 0.5) is 11.4 Å². The van der Waals surface area contributed by atoms with Crippen LogP contribution in [0.3, 0.4) is 0 Å². The number of hydrogen-bond donors (Lipinski definition) is 2. The molecule has 0 aliphatic heterocycles. The Morgan fingerprint density at radius 1 is 1.63 bits per heavy atom. The summed E-state index contributed by atoms with van der Waals surface area (Å²) in [4.78, 5) is 21.9. The lowest BCUT2D eigenvalue weighted by atomic mass is 10.1. The second-order valence-electron chi connectivity index (χ2n) is 3.99. The van der Waals surface area contributed by atoms with E-state index >= 15 is 0 Å². The number of carbonyl (C=O) groups is 1. The molecule has 1 amide bonds. The second-order valence-corrected chi connectivity index (χ2v) is 3.99. The monoisotopic (exact) mass is 262 g/mol. The molecule has 1 aromatic rings. The van der Waals surface area contributed by atoms with E-state index in [2.05, 4.69) is 5.32 Å². The quantitative estimate of drug-likeness (QED) is 0.615. The number of nitrogens with two attached hydrogens (primary N) is 1. The molecule has 0 saturated carbocycles. The zero-order chi connectivity index (χ0) is 14.4. The molecule has 0 aromatic heterocycles. The molecule has 3 N–H and O–H groups in total. The van der Waals surface area contributed by atoms with Crippen molar-refractivity contribution in [3.05, 3.63) is 33.9 Å². The first kappa shape index (κ1) is 14.6. The smallest absolute Gasteiger partial charge is 0.294 e. The number of rotatable bonds is 5. The van der Waals surface area contributed by atoms with Crippen molar-refractivity contribution in [2.75, 3.05) is 5.32 Å². The fraction of sp³-hybridized carbons (Fsp3) is 0.333. The number of anilines is 1. The molecule has 7 heteroatoms. The average molecular weight is 262 g/mol. The molecule has 0 heterocycles. The van der Waals surface area contributed by atoms with E-state index in [1.807, 2.05) is 6.92 Å². The van der Waals surface area contributed by atoms with Crippen LogP contribution in [0.2, 0.25) is 0 Å². The first-order valence-electron chi connectivity index (χ1n) is 5.74. The Morgan fingerprint density at radius 3 is 2.84 bits per heavy atom. The summed E-state index contributed by atoms with van der Waals surface area (Å²) in [5, 5.41) is 22.0. The number of carbonyl (C=O) groups excluding carboxylic acids is 1. The Kier molecular flexibility index (Phi) is 4.97. The van der Waals surface area contributed by atoms with Gasteiger partial charge in [0.2, 0.25) is 5.91 Å². The molecule has 1 unspecified atom stereocenters. The maximum Gasteiger partial charge on any atom is 0.294 e. The number of benzene rings is 1. The molecule has 0 spiro atoms. The summed E-state index contributed by atoms with van der Waals surface area (Å²) < 4.78 is 0. The Labute approximate surface area is 110 Å². The number of nitro benzene ring substituents is 1. The van der Waals surface area contributed by atoms with E-state index in [-0.39, 0.29) is 16.9 Å². The van der Waals surface area contributed by atoms with E-state index < -0.39 is 16.9 Å². The van der Waals surface area contributed by atoms with Crippen molar-refractivity contribution in [1.82, 2.24) is 0 Å². The highest BCUT2D eigenvalue weighted by atomic mass is 16.6. The number of hydrogen-bond acceptors (Lipinski definition) is 5. The van der Waals surface area contributed by atoms with Crippen LogP contribution < -0.4 is 11.1 Å². The molecule has 100 valence electrons. The summed E-state index contributed by atoms with van der Waals surface area (Å²) in [6, 6.07) is 4.93. The SMILES string of the molecule is CCCC(N)C(=O)Nc1ccc(C#N)cc1[N+](=O)[O-]. The maximum absolute atomic E-state index is 11.7. The third-order valence-electron chi connectivity index (χ3n) is 2.52. The first-order chi connectivity index (χ1) is 8.99. The first-order valence-corrected chi connectivity index (χ1v) is 5.74. The van der Waals surface area contributed by atoms with Crippen LogP contribution >= 0.6 is 0 Å². The van der Waals surface area contributed by atoms with Crippen molar-refractivity contribution in [3.63, 3.8) is 0 Å². The zero-order valence-corrected chi connectivity index (χ0v) is 10.4. The van der Waals surface area contributed by atoms with E-state index in [0.29, 0.717) is 6.42 Å². The van der Waals surface area contributed by atoms with Gasteiger partial charge in [0, 0.05) is 6.07 Å². The van der Waals surface area contributed by atoms with Gasteiger partial charge >= 0.3 is 0 Å². The standard InChI is InChI=1S/C12H14N4O3/c1-2-3-9(14)12(17)15-10-5-4-8(7-13)6-11(10)16(18)19/h4-6,9H,2-3,14H2,1H3,(H,15,17).